The first-order valence-electron chi connectivity index (χ1n) is 9.46. The minimum Gasteiger partial charge on any atom is -0.489 e. The Kier molecular flexibility index (Phi) is 5.08. The number of nitrogens with zero attached hydrogens (tertiary/aromatic N) is 2. The van der Waals surface area contributed by atoms with Gasteiger partial charge in [0, 0.05) is 13.1 Å². The molecule has 2 heterocycles. The summed E-state index contributed by atoms with van der Waals surface area (Å²) in [7, 11) is 0. The Morgan fingerprint density at radius 1 is 1.22 bits per heavy atom. The Labute approximate surface area is 159 Å². The number of amides is 1. The van der Waals surface area contributed by atoms with Gasteiger partial charge in [-0.1, -0.05) is 36.4 Å². The van der Waals surface area contributed by atoms with E-state index in [4.69, 9.17) is 4.74 Å². The Morgan fingerprint density at radius 3 is 2.89 bits per heavy atom. The van der Waals surface area contributed by atoms with Crippen LogP contribution < -0.4 is 10.1 Å². The number of likely N-dealkylation sites (tertiary alicyclic amines) is 1. The summed E-state index contributed by atoms with van der Waals surface area (Å²) in [4.78, 5) is 14.5. The van der Waals surface area contributed by atoms with E-state index >= 15 is 0 Å². The second-order valence-corrected chi connectivity index (χ2v) is 7.16. The third-order valence-electron chi connectivity index (χ3n) is 5.37. The van der Waals surface area contributed by atoms with Gasteiger partial charge in [-0.05, 0) is 48.1 Å². The smallest absolute Gasteiger partial charge is 0.241 e. The molecule has 0 radical (unpaired) electrons. The molecule has 4 rings (SSSR count). The number of nitriles is 1. The number of hydrogen-bond donors (Lipinski definition) is 1. The van der Waals surface area contributed by atoms with Crippen molar-refractivity contribution in [3.63, 3.8) is 0 Å². The van der Waals surface area contributed by atoms with Gasteiger partial charge < -0.3 is 15.0 Å². The lowest BCUT2D eigenvalue weighted by atomic mass is 9.94. The highest BCUT2D eigenvalue weighted by Gasteiger charge is 2.34. The summed E-state index contributed by atoms with van der Waals surface area (Å²) in [5, 5.41) is 12.6. The van der Waals surface area contributed by atoms with E-state index in [-0.39, 0.29) is 18.0 Å². The van der Waals surface area contributed by atoms with E-state index in [1.165, 1.54) is 11.1 Å². The quantitative estimate of drug-likeness (QED) is 0.909. The molecule has 5 nitrogen and oxygen atoms in total. The van der Waals surface area contributed by atoms with E-state index < -0.39 is 0 Å². The van der Waals surface area contributed by atoms with Gasteiger partial charge in [0.25, 0.3) is 0 Å². The molecule has 0 saturated carbocycles. The number of benzene rings is 2. The molecule has 0 unspecified atom stereocenters. The van der Waals surface area contributed by atoms with Crippen molar-refractivity contribution in [3.8, 4) is 11.8 Å². The fourth-order valence-electron chi connectivity index (χ4n) is 3.86. The fourth-order valence-corrected chi connectivity index (χ4v) is 3.86. The molecule has 5 heteroatoms. The molecule has 1 fully saturated rings. The third-order valence-corrected chi connectivity index (χ3v) is 5.37. The lowest BCUT2D eigenvalue weighted by Gasteiger charge is -2.30. The summed E-state index contributed by atoms with van der Waals surface area (Å²) in [6.45, 7) is 1.87. The van der Waals surface area contributed by atoms with Crippen molar-refractivity contribution in [2.45, 2.75) is 44.5 Å². The molecule has 138 valence electrons. The van der Waals surface area contributed by atoms with Gasteiger partial charge >= 0.3 is 0 Å². The van der Waals surface area contributed by atoms with Gasteiger partial charge in [0.1, 0.15) is 18.4 Å². The molecule has 2 aromatic rings. The SMILES string of the molecule is N#C[C@H]1CCCN1C(=O)[C@@H]1Cc2ccc(OCc3ccccc3)cc2CN1. The zero-order valence-electron chi connectivity index (χ0n) is 15.2. The summed E-state index contributed by atoms with van der Waals surface area (Å²) in [6.07, 6.45) is 2.35. The zero-order valence-corrected chi connectivity index (χ0v) is 15.2. The first-order valence-corrected chi connectivity index (χ1v) is 9.46. The Balaban J connectivity index is 1.40. The van der Waals surface area contributed by atoms with Crippen LogP contribution in [0.2, 0.25) is 0 Å². The van der Waals surface area contributed by atoms with Crippen LogP contribution >= 0.6 is 0 Å². The molecule has 0 aromatic heterocycles. The van der Waals surface area contributed by atoms with Crippen LogP contribution in [-0.2, 0) is 24.4 Å². The molecule has 0 bridgehead atoms. The second kappa shape index (κ2) is 7.81. The summed E-state index contributed by atoms with van der Waals surface area (Å²) < 4.78 is 5.90. The average Bonchev–Trinajstić information content (AvgIpc) is 3.21. The van der Waals surface area contributed by atoms with Crippen molar-refractivity contribution >= 4 is 5.91 Å². The molecule has 0 spiro atoms. The number of carbonyl (C=O) groups excluding carboxylic acids is 1. The minimum atomic E-state index is -0.269. The van der Waals surface area contributed by atoms with E-state index in [1.807, 2.05) is 36.4 Å². The number of nitrogens with one attached hydrogen (secondary N) is 1. The van der Waals surface area contributed by atoms with Crippen LogP contribution in [-0.4, -0.2) is 29.4 Å². The molecule has 1 amide bonds. The normalized spacial score (nSPS) is 21.4. The van der Waals surface area contributed by atoms with Crippen molar-refractivity contribution in [1.29, 1.82) is 5.26 Å². The summed E-state index contributed by atoms with van der Waals surface area (Å²) >= 11 is 0. The number of rotatable bonds is 4. The molecule has 2 aromatic carbocycles. The third kappa shape index (κ3) is 3.81. The van der Waals surface area contributed by atoms with Gasteiger partial charge in [0.2, 0.25) is 5.91 Å². The van der Waals surface area contributed by atoms with Crippen molar-refractivity contribution in [2.75, 3.05) is 6.54 Å². The van der Waals surface area contributed by atoms with Gasteiger partial charge in [-0.3, -0.25) is 4.79 Å². The van der Waals surface area contributed by atoms with E-state index in [9.17, 15) is 10.1 Å². The van der Waals surface area contributed by atoms with E-state index in [0.29, 0.717) is 26.1 Å². The molecular weight excluding hydrogens is 338 g/mol. The Morgan fingerprint density at radius 2 is 2.07 bits per heavy atom. The van der Waals surface area contributed by atoms with Crippen LogP contribution in [0.5, 0.6) is 5.75 Å². The molecule has 0 aliphatic carbocycles. The van der Waals surface area contributed by atoms with Crippen LogP contribution in [0.3, 0.4) is 0 Å². The van der Waals surface area contributed by atoms with Gasteiger partial charge in [0.15, 0.2) is 0 Å². The van der Waals surface area contributed by atoms with Crippen LogP contribution in [0.4, 0.5) is 0 Å². The zero-order chi connectivity index (χ0) is 18.6. The highest BCUT2D eigenvalue weighted by atomic mass is 16.5. The lowest BCUT2D eigenvalue weighted by Crippen LogP contribution is -2.50. The fraction of sp³-hybridized carbons (Fsp3) is 0.364. The first-order chi connectivity index (χ1) is 13.2. The topological polar surface area (TPSA) is 65.4 Å². The summed E-state index contributed by atoms with van der Waals surface area (Å²) in [5.41, 5.74) is 3.48. The second-order valence-electron chi connectivity index (χ2n) is 7.16. The number of hydrogen-bond acceptors (Lipinski definition) is 4. The number of carbonyl (C=O) groups is 1. The monoisotopic (exact) mass is 361 g/mol. The highest BCUT2D eigenvalue weighted by molar-refractivity contribution is 5.83. The van der Waals surface area contributed by atoms with Crippen molar-refractivity contribution < 1.29 is 9.53 Å². The van der Waals surface area contributed by atoms with E-state index in [1.54, 1.807) is 4.90 Å². The van der Waals surface area contributed by atoms with Gasteiger partial charge in [-0.15, -0.1) is 0 Å². The molecule has 2 aliphatic heterocycles. The van der Waals surface area contributed by atoms with Crippen LogP contribution in [0, 0.1) is 11.3 Å². The molecule has 1 saturated heterocycles. The predicted octanol–water partition coefficient (Wildman–Crippen LogP) is 2.79. The Bertz CT molecular complexity index is 860. The maximum Gasteiger partial charge on any atom is 0.241 e. The van der Waals surface area contributed by atoms with Crippen molar-refractivity contribution in [2.24, 2.45) is 0 Å². The Hall–Kier alpha value is -2.84. The summed E-state index contributed by atoms with van der Waals surface area (Å²) in [5.74, 6) is 0.891. The maximum atomic E-state index is 12.8. The van der Waals surface area contributed by atoms with Crippen molar-refractivity contribution in [1.82, 2.24) is 10.2 Å². The molecule has 1 N–H and O–H groups in total. The van der Waals surface area contributed by atoms with Crippen LogP contribution in [0.25, 0.3) is 0 Å². The van der Waals surface area contributed by atoms with Gasteiger partial charge in [0.05, 0.1) is 12.1 Å². The molecule has 2 atom stereocenters. The molecular formula is C22H23N3O2. The number of ether oxygens (including phenoxy) is 1. The van der Waals surface area contributed by atoms with E-state index in [2.05, 4.69) is 23.5 Å². The standard InChI is InChI=1S/C22H23N3O2/c23-13-19-7-4-10-25(19)22(26)21-12-17-8-9-20(11-18(17)14-24-21)27-15-16-5-2-1-3-6-16/h1-3,5-6,8-9,11,19,21,24H,4,7,10,12,14-15H2/t19-,21+/m1/s1. The van der Waals surface area contributed by atoms with Gasteiger partial charge in [-0.2, -0.15) is 5.26 Å². The molecule has 2 aliphatic rings. The highest BCUT2D eigenvalue weighted by Crippen LogP contribution is 2.25. The summed E-state index contributed by atoms with van der Waals surface area (Å²) in [6, 6.07) is 17.9. The lowest BCUT2D eigenvalue weighted by molar-refractivity contribution is -0.133. The van der Waals surface area contributed by atoms with Crippen LogP contribution in [0.1, 0.15) is 29.5 Å². The minimum absolute atomic E-state index is 0.0501. The maximum absolute atomic E-state index is 12.8. The molecule has 27 heavy (non-hydrogen) atoms. The largest absolute Gasteiger partial charge is 0.489 e. The van der Waals surface area contributed by atoms with E-state index in [0.717, 1.165) is 24.2 Å². The van der Waals surface area contributed by atoms with Crippen molar-refractivity contribution in [3.05, 3.63) is 65.2 Å². The first kappa shape index (κ1) is 17.6. The van der Waals surface area contributed by atoms with Gasteiger partial charge in [-0.25, -0.2) is 0 Å². The average molecular weight is 361 g/mol. The predicted molar refractivity (Wildman–Crippen MR) is 102 cm³/mol. The number of fused-ring (bicyclic) bond motifs is 1. The van der Waals surface area contributed by atoms with Crippen LogP contribution in [0.15, 0.2) is 48.5 Å².